The number of furan rings is 1. The van der Waals surface area contributed by atoms with Crippen molar-refractivity contribution in [1.82, 2.24) is 5.32 Å². The smallest absolute Gasteiger partial charge is 0.228 e. The van der Waals surface area contributed by atoms with Crippen LogP contribution in [0.3, 0.4) is 0 Å². The summed E-state index contributed by atoms with van der Waals surface area (Å²) in [5.74, 6) is 0.820. The Morgan fingerprint density at radius 3 is 2.38 bits per heavy atom. The van der Waals surface area contributed by atoms with Gasteiger partial charge < -0.3 is 19.6 Å². The molecule has 5 heteroatoms. The third kappa shape index (κ3) is 4.90. The van der Waals surface area contributed by atoms with E-state index in [4.69, 9.17) is 9.15 Å². The summed E-state index contributed by atoms with van der Waals surface area (Å²) in [5, 5.41) is 14.1. The number of benzene rings is 3. The maximum Gasteiger partial charge on any atom is 0.228 e. The van der Waals surface area contributed by atoms with Crippen LogP contribution in [0.4, 0.5) is 0 Å². The molecule has 164 valence electrons. The van der Waals surface area contributed by atoms with Gasteiger partial charge in [-0.05, 0) is 23.8 Å². The van der Waals surface area contributed by atoms with Crippen molar-refractivity contribution in [1.29, 1.82) is 0 Å². The number of carbonyl (C=O) groups excluding carboxylic acids is 1. The van der Waals surface area contributed by atoms with Crippen LogP contribution in [0.15, 0.2) is 83.3 Å². The van der Waals surface area contributed by atoms with Crippen molar-refractivity contribution in [2.75, 3.05) is 13.2 Å². The number of hydrogen-bond donors (Lipinski definition) is 2. The lowest BCUT2D eigenvalue weighted by atomic mass is 9.98. The maximum absolute atomic E-state index is 13.2. The molecule has 32 heavy (non-hydrogen) atoms. The summed E-state index contributed by atoms with van der Waals surface area (Å²) in [6, 6.07) is 24.6. The molecule has 1 aromatic heterocycles. The van der Waals surface area contributed by atoms with Gasteiger partial charge >= 0.3 is 0 Å². The van der Waals surface area contributed by atoms with Crippen molar-refractivity contribution < 1.29 is 19.1 Å². The van der Waals surface area contributed by atoms with E-state index in [2.05, 4.69) is 5.32 Å². The van der Waals surface area contributed by atoms with Crippen LogP contribution in [0.25, 0.3) is 22.1 Å². The quantitative estimate of drug-likeness (QED) is 0.364. The zero-order chi connectivity index (χ0) is 22.5. The molecule has 0 aliphatic carbocycles. The SMILES string of the molecule is CC(C)NCC(O)COc1ccc(-c2c(C(=O)c3ccccc3)oc3ccccc23)cc1. The van der Waals surface area contributed by atoms with Gasteiger partial charge in [0.15, 0.2) is 5.76 Å². The number of aliphatic hydroxyl groups excluding tert-OH is 1. The average molecular weight is 430 g/mol. The van der Waals surface area contributed by atoms with E-state index in [-0.39, 0.29) is 12.4 Å². The third-order valence-electron chi connectivity index (χ3n) is 5.18. The average Bonchev–Trinajstić information content (AvgIpc) is 3.21. The molecule has 4 rings (SSSR count). The highest BCUT2D eigenvalue weighted by molar-refractivity contribution is 6.15. The highest BCUT2D eigenvalue weighted by Crippen LogP contribution is 2.36. The fourth-order valence-corrected chi connectivity index (χ4v) is 3.55. The summed E-state index contributed by atoms with van der Waals surface area (Å²) in [7, 11) is 0. The van der Waals surface area contributed by atoms with Crippen LogP contribution in [0.2, 0.25) is 0 Å². The summed E-state index contributed by atoms with van der Waals surface area (Å²) < 4.78 is 11.7. The molecule has 1 heterocycles. The Morgan fingerprint density at radius 1 is 0.969 bits per heavy atom. The zero-order valence-corrected chi connectivity index (χ0v) is 18.2. The first kappa shape index (κ1) is 21.8. The minimum atomic E-state index is -0.593. The van der Waals surface area contributed by atoms with Gasteiger partial charge in [0.05, 0.1) is 0 Å². The number of ether oxygens (including phenoxy) is 1. The fourth-order valence-electron chi connectivity index (χ4n) is 3.55. The number of ketones is 1. The van der Waals surface area contributed by atoms with Gasteiger partial charge in [0.1, 0.15) is 24.0 Å². The van der Waals surface area contributed by atoms with Crippen molar-refractivity contribution in [3.63, 3.8) is 0 Å². The molecule has 0 aliphatic rings. The Kier molecular flexibility index (Phi) is 6.69. The van der Waals surface area contributed by atoms with Crippen LogP contribution >= 0.6 is 0 Å². The molecule has 1 unspecified atom stereocenters. The highest BCUT2D eigenvalue weighted by atomic mass is 16.5. The van der Waals surface area contributed by atoms with E-state index in [1.54, 1.807) is 12.1 Å². The topological polar surface area (TPSA) is 71.7 Å². The van der Waals surface area contributed by atoms with Crippen LogP contribution in [0, 0.1) is 0 Å². The molecule has 0 radical (unpaired) electrons. The summed E-state index contributed by atoms with van der Waals surface area (Å²) in [4.78, 5) is 13.2. The molecule has 0 saturated carbocycles. The molecule has 2 N–H and O–H groups in total. The second-order valence-corrected chi connectivity index (χ2v) is 8.05. The molecular weight excluding hydrogens is 402 g/mol. The van der Waals surface area contributed by atoms with Gasteiger partial charge in [0.25, 0.3) is 0 Å². The number of aliphatic hydroxyl groups is 1. The van der Waals surface area contributed by atoms with Crippen molar-refractivity contribution in [2.24, 2.45) is 0 Å². The van der Waals surface area contributed by atoms with Crippen molar-refractivity contribution in [3.8, 4) is 16.9 Å². The van der Waals surface area contributed by atoms with Crippen LogP contribution in [0.1, 0.15) is 30.0 Å². The summed E-state index contributed by atoms with van der Waals surface area (Å²) in [5.41, 5.74) is 2.88. The van der Waals surface area contributed by atoms with Gasteiger partial charge in [-0.25, -0.2) is 0 Å². The number of fused-ring (bicyclic) bond motifs is 1. The normalized spacial score (nSPS) is 12.2. The molecule has 1 atom stereocenters. The lowest BCUT2D eigenvalue weighted by Crippen LogP contribution is -2.35. The van der Waals surface area contributed by atoms with E-state index in [9.17, 15) is 9.90 Å². The predicted octanol–water partition coefficient (Wildman–Crippen LogP) is 5.07. The van der Waals surface area contributed by atoms with Gasteiger partial charge in [0, 0.05) is 29.1 Å². The van der Waals surface area contributed by atoms with E-state index in [0.717, 1.165) is 16.5 Å². The summed E-state index contributed by atoms with van der Waals surface area (Å²) in [6.45, 7) is 4.73. The second kappa shape index (κ2) is 9.81. The molecule has 0 saturated heterocycles. The van der Waals surface area contributed by atoms with E-state index < -0.39 is 6.10 Å². The molecule has 3 aromatic carbocycles. The number of rotatable bonds is 9. The number of para-hydroxylation sites is 1. The van der Waals surface area contributed by atoms with Crippen molar-refractivity contribution in [3.05, 3.63) is 90.2 Å². The molecule has 0 bridgehead atoms. The van der Waals surface area contributed by atoms with Crippen LogP contribution in [0.5, 0.6) is 5.75 Å². The first-order valence-electron chi connectivity index (χ1n) is 10.8. The van der Waals surface area contributed by atoms with Gasteiger partial charge in [-0.1, -0.05) is 74.5 Å². The van der Waals surface area contributed by atoms with Gasteiger partial charge in [-0.2, -0.15) is 0 Å². The monoisotopic (exact) mass is 429 g/mol. The lowest BCUT2D eigenvalue weighted by Gasteiger charge is -2.15. The molecule has 0 amide bonds. The zero-order valence-electron chi connectivity index (χ0n) is 18.2. The van der Waals surface area contributed by atoms with E-state index >= 15 is 0 Å². The number of carbonyl (C=O) groups is 1. The van der Waals surface area contributed by atoms with Crippen LogP contribution in [-0.2, 0) is 0 Å². The summed E-state index contributed by atoms with van der Waals surface area (Å²) in [6.07, 6.45) is -0.593. The van der Waals surface area contributed by atoms with E-state index in [1.165, 1.54) is 0 Å². The molecule has 0 aliphatic heterocycles. The van der Waals surface area contributed by atoms with Crippen LogP contribution in [-0.4, -0.2) is 36.2 Å². The fraction of sp³-hybridized carbons (Fsp3) is 0.222. The first-order valence-corrected chi connectivity index (χ1v) is 10.8. The minimum Gasteiger partial charge on any atom is -0.491 e. The largest absolute Gasteiger partial charge is 0.491 e. The van der Waals surface area contributed by atoms with Gasteiger partial charge in [-0.15, -0.1) is 0 Å². The standard InChI is InChI=1S/C27H27NO4/c1-18(2)28-16-21(29)17-31-22-14-12-19(13-15-22)25-23-10-6-7-11-24(23)32-27(25)26(30)20-8-4-3-5-9-20/h3-15,18,21,28-29H,16-17H2,1-2H3. The second-order valence-electron chi connectivity index (χ2n) is 8.05. The number of nitrogens with one attached hydrogen (secondary N) is 1. The molecular formula is C27H27NO4. The third-order valence-corrected chi connectivity index (χ3v) is 5.18. The predicted molar refractivity (Wildman–Crippen MR) is 126 cm³/mol. The Hall–Kier alpha value is -3.41. The molecule has 0 spiro atoms. The molecule has 4 aromatic rings. The maximum atomic E-state index is 13.2. The van der Waals surface area contributed by atoms with Crippen LogP contribution < -0.4 is 10.1 Å². The Labute approximate surface area is 187 Å². The summed E-state index contributed by atoms with van der Waals surface area (Å²) >= 11 is 0. The van der Waals surface area contributed by atoms with Gasteiger partial charge in [0.2, 0.25) is 5.78 Å². The van der Waals surface area contributed by atoms with E-state index in [1.807, 2.05) is 80.6 Å². The highest BCUT2D eigenvalue weighted by Gasteiger charge is 2.23. The Morgan fingerprint density at radius 2 is 1.66 bits per heavy atom. The van der Waals surface area contributed by atoms with Crippen molar-refractivity contribution in [2.45, 2.75) is 26.0 Å². The Bertz CT molecular complexity index is 1180. The first-order chi connectivity index (χ1) is 15.5. The molecule has 5 nitrogen and oxygen atoms in total. The Balaban J connectivity index is 1.60. The lowest BCUT2D eigenvalue weighted by molar-refractivity contribution is 0.101. The number of hydrogen-bond acceptors (Lipinski definition) is 5. The van der Waals surface area contributed by atoms with Gasteiger partial charge in [-0.3, -0.25) is 4.79 Å². The minimum absolute atomic E-state index is 0.155. The van der Waals surface area contributed by atoms with Crippen molar-refractivity contribution >= 4 is 16.8 Å². The van der Waals surface area contributed by atoms with E-state index in [0.29, 0.717) is 35.2 Å². The molecule has 0 fully saturated rings.